The Hall–Kier alpha value is -0.940. The molecule has 0 amide bonds. The number of hydrogen-bond acceptors (Lipinski definition) is 4. The van der Waals surface area contributed by atoms with Crippen LogP contribution in [-0.2, 0) is 6.54 Å². The van der Waals surface area contributed by atoms with E-state index in [2.05, 4.69) is 35.7 Å². The van der Waals surface area contributed by atoms with Gasteiger partial charge in [-0.3, -0.25) is 0 Å². The fourth-order valence-corrected chi connectivity index (χ4v) is 3.68. The SMILES string of the molecule is I.NC(=NCc1cc(F)cc(Br)c1)N1CCN(c2nccs2)CC1. The van der Waals surface area contributed by atoms with E-state index >= 15 is 0 Å². The molecule has 9 heteroatoms. The van der Waals surface area contributed by atoms with Crippen molar-refractivity contribution >= 4 is 62.3 Å². The number of guanidine groups is 1. The normalized spacial score (nSPS) is 15.3. The zero-order chi connectivity index (χ0) is 16.2. The molecule has 5 nitrogen and oxygen atoms in total. The van der Waals surface area contributed by atoms with Crippen LogP contribution in [0.1, 0.15) is 5.56 Å². The lowest BCUT2D eigenvalue weighted by atomic mass is 10.2. The van der Waals surface area contributed by atoms with Gasteiger partial charge in [-0.15, -0.1) is 35.3 Å². The summed E-state index contributed by atoms with van der Waals surface area (Å²) >= 11 is 4.93. The molecule has 2 N–H and O–H groups in total. The summed E-state index contributed by atoms with van der Waals surface area (Å²) in [4.78, 5) is 13.0. The third kappa shape index (κ3) is 5.03. The van der Waals surface area contributed by atoms with Gasteiger partial charge in [0.15, 0.2) is 11.1 Å². The Labute approximate surface area is 169 Å². The van der Waals surface area contributed by atoms with Crippen molar-refractivity contribution in [1.82, 2.24) is 9.88 Å². The third-order valence-electron chi connectivity index (χ3n) is 3.64. The predicted octanol–water partition coefficient (Wildman–Crippen LogP) is 3.30. The summed E-state index contributed by atoms with van der Waals surface area (Å²) in [5.41, 5.74) is 6.87. The van der Waals surface area contributed by atoms with Gasteiger partial charge < -0.3 is 15.5 Å². The number of aromatic nitrogens is 1. The minimum absolute atomic E-state index is 0. The van der Waals surface area contributed by atoms with Gasteiger partial charge in [-0.2, -0.15) is 0 Å². The highest BCUT2D eigenvalue weighted by atomic mass is 127. The molecule has 0 saturated carbocycles. The molecule has 1 fully saturated rings. The summed E-state index contributed by atoms with van der Waals surface area (Å²) in [6.45, 7) is 3.73. The Morgan fingerprint density at radius 3 is 2.67 bits per heavy atom. The van der Waals surface area contributed by atoms with Crippen molar-refractivity contribution in [1.29, 1.82) is 0 Å². The fraction of sp³-hybridized carbons (Fsp3) is 0.333. The van der Waals surface area contributed by atoms with E-state index in [4.69, 9.17) is 5.73 Å². The van der Waals surface area contributed by atoms with Crippen molar-refractivity contribution in [2.75, 3.05) is 31.1 Å². The highest BCUT2D eigenvalue weighted by molar-refractivity contribution is 14.0. The van der Waals surface area contributed by atoms with E-state index in [0.717, 1.165) is 36.9 Å². The molecule has 3 rings (SSSR count). The van der Waals surface area contributed by atoms with Crippen molar-refractivity contribution in [2.24, 2.45) is 10.7 Å². The average molecular weight is 526 g/mol. The molecular formula is C15H18BrFIN5S. The second-order valence-electron chi connectivity index (χ2n) is 5.24. The first kappa shape index (κ1) is 19.4. The van der Waals surface area contributed by atoms with Crippen molar-refractivity contribution in [3.8, 4) is 0 Å². The molecule has 2 heterocycles. The third-order valence-corrected chi connectivity index (χ3v) is 4.93. The molecule has 0 radical (unpaired) electrons. The van der Waals surface area contributed by atoms with Crippen LogP contribution in [0.25, 0.3) is 0 Å². The van der Waals surface area contributed by atoms with Crippen molar-refractivity contribution in [2.45, 2.75) is 6.54 Å². The van der Waals surface area contributed by atoms with Gasteiger partial charge in [0.1, 0.15) is 5.82 Å². The largest absolute Gasteiger partial charge is 0.370 e. The van der Waals surface area contributed by atoms with Crippen molar-refractivity contribution in [3.05, 3.63) is 45.6 Å². The zero-order valence-electron chi connectivity index (χ0n) is 12.9. The van der Waals surface area contributed by atoms with E-state index in [9.17, 15) is 4.39 Å². The summed E-state index contributed by atoms with van der Waals surface area (Å²) in [5.74, 6) is 0.226. The van der Waals surface area contributed by atoms with E-state index < -0.39 is 0 Å². The number of anilines is 1. The van der Waals surface area contributed by atoms with Crippen LogP contribution in [0.2, 0.25) is 0 Å². The minimum Gasteiger partial charge on any atom is -0.370 e. The van der Waals surface area contributed by atoms with E-state index in [1.54, 1.807) is 11.3 Å². The number of nitrogens with zero attached hydrogens (tertiary/aromatic N) is 4. The quantitative estimate of drug-likeness (QED) is 0.379. The standard InChI is InChI=1S/C15H17BrFN5S.HI/c16-12-7-11(8-13(17)9-12)10-20-14(18)21-2-4-22(5-3-21)15-19-1-6-23-15;/h1,6-9H,2-5,10H2,(H2,18,20);1H. The van der Waals surface area contributed by atoms with E-state index in [0.29, 0.717) is 17.0 Å². The molecule has 2 aromatic rings. The number of benzene rings is 1. The summed E-state index contributed by atoms with van der Waals surface area (Å²) in [5, 5.41) is 3.03. The molecule has 0 aliphatic carbocycles. The van der Waals surface area contributed by atoms with Crippen LogP contribution in [0.3, 0.4) is 0 Å². The molecule has 0 spiro atoms. The second-order valence-corrected chi connectivity index (χ2v) is 7.03. The van der Waals surface area contributed by atoms with E-state index in [-0.39, 0.29) is 29.8 Å². The maximum atomic E-state index is 13.4. The predicted molar refractivity (Wildman–Crippen MR) is 111 cm³/mol. The average Bonchev–Trinajstić information content (AvgIpc) is 3.06. The summed E-state index contributed by atoms with van der Waals surface area (Å²) < 4.78 is 14.1. The zero-order valence-corrected chi connectivity index (χ0v) is 17.6. The van der Waals surface area contributed by atoms with Crippen LogP contribution in [0.4, 0.5) is 9.52 Å². The highest BCUT2D eigenvalue weighted by Crippen LogP contribution is 2.19. The lowest BCUT2D eigenvalue weighted by Crippen LogP contribution is -2.51. The van der Waals surface area contributed by atoms with Crippen LogP contribution in [-0.4, -0.2) is 42.0 Å². The van der Waals surface area contributed by atoms with Gasteiger partial charge >= 0.3 is 0 Å². The monoisotopic (exact) mass is 525 g/mol. The van der Waals surface area contributed by atoms with Gasteiger partial charge in [-0.25, -0.2) is 14.4 Å². The Kier molecular flexibility index (Phi) is 7.23. The van der Waals surface area contributed by atoms with Crippen LogP contribution in [0.5, 0.6) is 0 Å². The molecule has 0 unspecified atom stereocenters. The first-order valence-corrected chi connectivity index (χ1v) is 8.93. The number of halogens is 3. The number of piperazine rings is 1. The Morgan fingerprint density at radius 1 is 1.29 bits per heavy atom. The van der Waals surface area contributed by atoms with E-state index in [1.165, 1.54) is 12.1 Å². The van der Waals surface area contributed by atoms with Gasteiger partial charge in [-0.1, -0.05) is 15.9 Å². The molecule has 1 saturated heterocycles. The van der Waals surface area contributed by atoms with Gasteiger partial charge in [0.25, 0.3) is 0 Å². The smallest absolute Gasteiger partial charge is 0.191 e. The molecule has 1 aromatic carbocycles. The first-order valence-electron chi connectivity index (χ1n) is 7.26. The molecule has 0 bridgehead atoms. The number of aliphatic imine (C=N–C) groups is 1. The maximum absolute atomic E-state index is 13.4. The first-order chi connectivity index (χ1) is 11.1. The maximum Gasteiger partial charge on any atom is 0.191 e. The van der Waals surface area contributed by atoms with Crippen molar-refractivity contribution < 1.29 is 4.39 Å². The molecule has 1 aliphatic rings. The number of hydrogen-bond donors (Lipinski definition) is 1. The number of rotatable bonds is 3. The lowest BCUT2D eigenvalue weighted by Gasteiger charge is -2.35. The number of thiazole rings is 1. The lowest BCUT2D eigenvalue weighted by molar-refractivity contribution is 0.380. The molecule has 1 aromatic heterocycles. The van der Waals surface area contributed by atoms with Crippen molar-refractivity contribution in [3.63, 3.8) is 0 Å². The van der Waals surface area contributed by atoms with Gasteiger partial charge in [0, 0.05) is 42.2 Å². The molecule has 130 valence electrons. The van der Waals surface area contributed by atoms with Crippen LogP contribution >= 0.6 is 51.2 Å². The molecular weight excluding hydrogens is 508 g/mol. The Bertz CT molecular complexity index is 669. The van der Waals surface area contributed by atoms with E-state index in [1.807, 2.05) is 17.6 Å². The Balaban J connectivity index is 0.00000208. The topological polar surface area (TPSA) is 57.8 Å². The molecule has 0 atom stereocenters. The second kappa shape index (κ2) is 8.95. The van der Waals surface area contributed by atoms with Gasteiger partial charge in [-0.05, 0) is 23.8 Å². The van der Waals surface area contributed by atoms with Crippen LogP contribution in [0, 0.1) is 5.82 Å². The number of nitrogens with two attached hydrogens (primary N) is 1. The fourth-order valence-electron chi connectivity index (χ4n) is 2.47. The molecule has 24 heavy (non-hydrogen) atoms. The summed E-state index contributed by atoms with van der Waals surface area (Å²) in [6.07, 6.45) is 1.82. The van der Waals surface area contributed by atoms with Crippen LogP contribution in [0.15, 0.2) is 39.2 Å². The summed E-state index contributed by atoms with van der Waals surface area (Å²) in [7, 11) is 0. The minimum atomic E-state index is -0.278. The van der Waals surface area contributed by atoms with Gasteiger partial charge in [0.05, 0.1) is 6.54 Å². The Morgan fingerprint density at radius 2 is 2.04 bits per heavy atom. The van der Waals surface area contributed by atoms with Crippen LogP contribution < -0.4 is 10.6 Å². The molecule has 1 aliphatic heterocycles. The van der Waals surface area contributed by atoms with Gasteiger partial charge in [0.2, 0.25) is 0 Å². The highest BCUT2D eigenvalue weighted by Gasteiger charge is 2.19. The summed E-state index contributed by atoms with van der Waals surface area (Å²) in [6, 6.07) is 4.75.